The Hall–Kier alpha value is -3.23. The Morgan fingerprint density at radius 3 is 2.40 bits per heavy atom. The summed E-state index contributed by atoms with van der Waals surface area (Å²) in [4.78, 5) is 18.8. The van der Waals surface area contributed by atoms with Crippen molar-refractivity contribution in [2.75, 3.05) is 16.3 Å². The number of sulfonamides is 1. The number of hydrogen-bond donors (Lipinski definition) is 2. The number of benzene rings is 2. The largest absolute Gasteiger partial charge is 0.322 e. The Bertz CT molecular complexity index is 1330. The molecule has 0 unspecified atom stereocenters. The Labute approximate surface area is 178 Å². The number of amides is 1. The van der Waals surface area contributed by atoms with Crippen LogP contribution in [0.4, 0.5) is 11.4 Å². The van der Waals surface area contributed by atoms with Gasteiger partial charge in [0.1, 0.15) is 0 Å². The molecule has 0 spiro atoms. The number of hydrogen-bond acceptors (Lipinski definition) is 5. The quantitative estimate of drug-likeness (QED) is 0.465. The molecule has 0 aliphatic carbocycles. The minimum atomic E-state index is -3.35. The summed E-state index contributed by atoms with van der Waals surface area (Å²) in [6, 6.07) is 18.1. The summed E-state index contributed by atoms with van der Waals surface area (Å²) in [5.74, 6) is -0.255. The number of thiophene rings is 1. The Balaban J connectivity index is 1.69. The second-order valence-corrected chi connectivity index (χ2v) is 9.65. The lowest BCUT2D eigenvalue weighted by Gasteiger charge is -2.11. The molecule has 1 amide bonds. The summed E-state index contributed by atoms with van der Waals surface area (Å²) in [6.07, 6.45) is 1.09. The van der Waals surface area contributed by atoms with Crippen LogP contribution in [-0.2, 0) is 10.0 Å². The van der Waals surface area contributed by atoms with Crippen LogP contribution in [0.25, 0.3) is 21.5 Å². The smallest absolute Gasteiger partial charge is 0.256 e. The van der Waals surface area contributed by atoms with Gasteiger partial charge in [0.25, 0.3) is 5.91 Å². The highest BCUT2D eigenvalue weighted by Gasteiger charge is 2.15. The molecular formula is C22H19N3O3S2. The number of nitrogens with zero attached hydrogens (tertiary/aromatic N) is 1. The predicted octanol–water partition coefficient (Wildman–Crippen LogP) is 4.90. The monoisotopic (exact) mass is 437 g/mol. The second-order valence-electron chi connectivity index (χ2n) is 6.96. The van der Waals surface area contributed by atoms with Gasteiger partial charge in [-0.1, -0.05) is 17.7 Å². The van der Waals surface area contributed by atoms with Gasteiger partial charge in [0.05, 0.1) is 27.9 Å². The standard InChI is InChI=1S/C22H19N3O3S2/c1-14-5-10-19-17(12-14)18(13-20(24-19)21-4-3-11-29-21)22(26)23-15-6-8-16(9-7-15)25-30(2,27)28/h3-13,25H,1-2H3,(H,23,26). The molecule has 0 bridgehead atoms. The Morgan fingerprint density at radius 2 is 1.73 bits per heavy atom. The van der Waals surface area contributed by atoms with Gasteiger partial charge in [-0.25, -0.2) is 13.4 Å². The van der Waals surface area contributed by atoms with Crippen LogP contribution in [-0.4, -0.2) is 25.6 Å². The number of anilines is 2. The number of carbonyl (C=O) groups is 1. The topological polar surface area (TPSA) is 88.2 Å². The van der Waals surface area contributed by atoms with Gasteiger partial charge in [0.15, 0.2) is 0 Å². The van der Waals surface area contributed by atoms with Crippen LogP contribution in [0.5, 0.6) is 0 Å². The van der Waals surface area contributed by atoms with Crippen molar-refractivity contribution in [1.29, 1.82) is 0 Å². The maximum Gasteiger partial charge on any atom is 0.256 e. The molecule has 6 nitrogen and oxygen atoms in total. The fourth-order valence-corrected chi connectivity index (χ4v) is 4.36. The molecule has 0 aliphatic rings. The van der Waals surface area contributed by atoms with Gasteiger partial charge in [-0.3, -0.25) is 9.52 Å². The molecule has 0 aliphatic heterocycles. The van der Waals surface area contributed by atoms with Crippen LogP contribution in [0.1, 0.15) is 15.9 Å². The maximum atomic E-state index is 13.1. The molecule has 8 heteroatoms. The summed E-state index contributed by atoms with van der Waals surface area (Å²) in [5, 5.41) is 5.65. The highest BCUT2D eigenvalue weighted by Crippen LogP contribution is 2.29. The first-order valence-electron chi connectivity index (χ1n) is 9.13. The Kier molecular flexibility index (Phi) is 5.27. The van der Waals surface area contributed by atoms with E-state index in [2.05, 4.69) is 10.0 Å². The molecule has 4 rings (SSSR count). The summed E-state index contributed by atoms with van der Waals surface area (Å²) < 4.78 is 25.1. The molecule has 4 aromatic rings. The molecule has 0 atom stereocenters. The number of aromatic nitrogens is 1. The molecule has 2 N–H and O–H groups in total. The van der Waals surface area contributed by atoms with Crippen molar-refractivity contribution in [3.8, 4) is 10.6 Å². The van der Waals surface area contributed by atoms with E-state index < -0.39 is 10.0 Å². The third kappa shape index (κ3) is 4.50. The lowest BCUT2D eigenvalue weighted by atomic mass is 10.0. The van der Waals surface area contributed by atoms with Crippen molar-refractivity contribution in [3.05, 3.63) is 77.2 Å². The highest BCUT2D eigenvalue weighted by molar-refractivity contribution is 7.92. The minimum absolute atomic E-state index is 0.255. The van der Waals surface area contributed by atoms with E-state index in [1.165, 1.54) is 0 Å². The third-order valence-corrected chi connectivity index (χ3v) is 5.93. The van der Waals surface area contributed by atoms with Crippen LogP contribution < -0.4 is 10.0 Å². The van der Waals surface area contributed by atoms with E-state index in [9.17, 15) is 13.2 Å². The number of aryl methyl sites for hydroxylation is 1. The van der Waals surface area contributed by atoms with Crippen molar-refractivity contribution in [1.82, 2.24) is 4.98 Å². The molecule has 0 saturated heterocycles. The van der Waals surface area contributed by atoms with Gasteiger partial charge in [-0.2, -0.15) is 0 Å². The summed E-state index contributed by atoms with van der Waals surface area (Å²) in [5.41, 5.74) is 4.07. The molecule has 2 aromatic heterocycles. The van der Waals surface area contributed by atoms with Gasteiger partial charge >= 0.3 is 0 Å². The molecule has 30 heavy (non-hydrogen) atoms. The zero-order valence-electron chi connectivity index (χ0n) is 16.3. The minimum Gasteiger partial charge on any atom is -0.322 e. The van der Waals surface area contributed by atoms with Gasteiger partial charge in [-0.15, -0.1) is 11.3 Å². The molecule has 0 fully saturated rings. The van der Waals surface area contributed by atoms with Crippen molar-refractivity contribution in [2.24, 2.45) is 0 Å². The van der Waals surface area contributed by atoms with Crippen molar-refractivity contribution in [2.45, 2.75) is 6.92 Å². The first kappa shape index (κ1) is 20.1. The summed E-state index contributed by atoms with van der Waals surface area (Å²) >= 11 is 1.57. The second kappa shape index (κ2) is 7.89. The van der Waals surface area contributed by atoms with Crippen LogP contribution in [0.3, 0.4) is 0 Å². The van der Waals surface area contributed by atoms with Crippen LogP contribution in [0, 0.1) is 6.92 Å². The first-order valence-corrected chi connectivity index (χ1v) is 11.9. The van der Waals surface area contributed by atoms with E-state index in [-0.39, 0.29) is 5.91 Å². The van der Waals surface area contributed by atoms with Gasteiger partial charge < -0.3 is 5.32 Å². The van der Waals surface area contributed by atoms with Crippen molar-refractivity contribution < 1.29 is 13.2 Å². The van der Waals surface area contributed by atoms with Gasteiger partial charge in [-0.05, 0) is 60.8 Å². The molecular weight excluding hydrogens is 418 g/mol. The van der Waals surface area contributed by atoms with E-state index in [4.69, 9.17) is 4.98 Å². The SMILES string of the molecule is Cc1ccc2nc(-c3cccs3)cc(C(=O)Nc3ccc(NS(C)(=O)=O)cc3)c2c1. The van der Waals surface area contributed by atoms with Crippen LogP contribution in [0.15, 0.2) is 66.0 Å². The van der Waals surface area contributed by atoms with E-state index in [1.807, 2.05) is 48.7 Å². The van der Waals surface area contributed by atoms with E-state index in [0.717, 1.165) is 33.3 Å². The summed E-state index contributed by atoms with van der Waals surface area (Å²) in [7, 11) is -3.35. The number of carbonyl (C=O) groups excluding carboxylic acids is 1. The van der Waals surface area contributed by atoms with E-state index in [0.29, 0.717) is 16.9 Å². The van der Waals surface area contributed by atoms with Gasteiger partial charge in [0, 0.05) is 16.8 Å². The normalized spacial score (nSPS) is 11.4. The zero-order valence-corrected chi connectivity index (χ0v) is 18.0. The maximum absolute atomic E-state index is 13.1. The first-order chi connectivity index (χ1) is 14.3. The fraction of sp³-hybridized carbons (Fsp3) is 0.0909. The molecule has 152 valence electrons. The number of fused-ring (bicyclic) bond motifs is 1. The molecule has 2 heterocycles. The summed E-state index contributed by atoms with van der Waals surface area (Å²) in [6.45, 7) is 1.97. The number of nitrogens with one attached hydrogen (secondary N) is 2. The lowest BCUT2D eigenvalue weighted by Crippen LogP contribution is -2.13. The van der Waals surface area contributed by atoms with Gasteiger partial charge in [0.2, 0.25) is 10.0 Å². The van der Waals surface area contributed by atoms with Crippen molar-refractivity contribution >= 4 is 49.5 Å². The van der Waals surface area contributed by atoms with Crippen molar-refractivity contribution in [3.63, 3.8) is 0 Å². The number of pyridine rings is 1. The average Bonchev–Trinajstić information content (AvgIpc) is 3.22. The average molecular weight is 438 g/mol. The highest BCUT2D eigenvalue weighted by atomic mass is 32.2. The van der Waals surface area contributed by atoms with E-state index in [1.54, 1.807) is 35.6 Å². The number of rotatable bonds is 5. The zero-order chi connectivity index (χ0) is 21.3. The Morgan fingerprint density at radius 1 is 1.00 bits per heavy atom. The third-order valence-electron chi connectivity index (χ3n) is 4.43. The lowest BCUT2D eigenvalue weighted by molar-refractivity contribution is 0.102. The molecule has 0 saturated carbocycles. The van der Waals surface area contributed by atoms with Crippen LogP contribution >= 0.6 is 11.3 Å². The fourth-order valence-electron chi connectivity index (χ4n) is 3.11. The molecule has 0 radical (unpaired) electrons. The molecule has 2 aromatic carbocycles. The van der Waals surface area contributed by atoms with E-state index >= 15 is 0 Å². The van der Waals surface area contributed by atoms with Crippen LogP contribution in [0.2, 0.25) is 0 Å². The predicted molar refractivity (Wildman–Crippen MR) is 123 cm³/mol.